The second kappa shape index (κ2) is 10.0. The number of benzene rings is 3. The Morgan fingerprint density at radius 1 is 0.828 bits per heavy atom. The molecule has 2 heteroatoms. The minimum absolute atomic E-state index is 0.180. The topological polar surface area (TPSA) is 9.23 Å². The number of aryl methyl sites for hydroxylation is 1. The summed E-state index contributed by atoms with van der Waals surface area (Å²) in [7, 11) is 0. The van der Waals surface area contributed by atoms with E-state index in [0.717, 1.165) is 30.8 Å². The fraction of sp³-hybridized carbons (Fsp3) is 0.333. The molecule has 3 aromatic carbocycles. The number of hydrogen-bond acceptors (Lipinski definition) is 2. The van der Waals surface area contributed by atoms with Crippen LogP contribution in [0.25, 0.3) is 0 Å². The zero-order valence-corrected chi connectivity index (χ0v) is 18.8. The molecule has 29 heavy (non-hydrogen) atoms. The number of rotatable bonds is 9. The monoisotopic (exact) mass is 404 g/mol. The van der Waals surface area contributed by atoms with Crippen molar-refractivity contribution in [3.05, 3.63) is 90.0 Å². The van der Waals surface area contributed by atoms with Gasteiger partial charge in [-0.25, -0.2) is 0 Å². The van der Waals surface area contributed by atoms with Gasteiger partial charge >= 0.3 is 0 Å². The molecule has 0 N–H and O–H groups in total. The first kappa shape index (κ1) is 21.5. The molecule has 0 unspecified atom stereocenters. The summed E-state index contributed by atoms with van der Waals surface area (Å²) in [5.41, 5.74) is 2.93. The van der Waals surface area contributed by atoms with E-state index in [1.807, 2.05) is 48.2 Å². The highest BCUT2D eigenvalue weighted by molar-refractivity contribution is 7.99. The minimum Gasteiger partial charge on any atom is -0.457 e. The average molecular weight is 405 g/mol. The fourth-order valence-corrected chi connectivity index (χ4v) is 4.36. The lowest BCUT2D eigenvalue weighted by molar-refractivity contribution is 0.459. The predicted octanol–water partition coefficient (Wildman–Crippen LogP) is 8.28. The molecule has 0 aliphatic rings. The molecule has 0 aromatic heterocycles. The first-order chi connectivity index (χ1) is 13.9. The van der Waals surface area contributed by atoms with Crippen LogP contribution in [0.15, 0.2) is 83.8 Å². The van der Waals surface area contributed by atoms with Gasteiger partial charge in [0.2, 0.25) is 0 Å². The van der Waals surface area contributed by atoms with E-state index in [1.165, 1.54) is 16.0 Å². The maximum atomic E-state index is 5.97. The molecule has 1 nitrogen and oxygen atoms in total. The van der Waals surface area contributed by atoms with Crippen molar-refractivity contribution in [1.29, 1.82) is 0 Å². The lowest BCUT2D eigenvalue weighted by atomic mass is 9.80. The van der Waals surface area contributed by atoms with Crippen molar-refractivity contribution < 1.29 is 4.74 Å². The Balaban J connectivity index is 1.55. The van der Waals surface area contributed by atoms with Crippen LogP contribution in [0.5, 0.6) is 11.5 Å². The van der Waals surface area contributed by atoms with Crippen molar-refractivity contribution in [2.24, 2.45) is 0 Å². The van der Waals surface area contributed by atoms with E-state index in [9.17, 15) is 0 Å². The lowest BCUT2D eigenvalue weighted by Gasteiger charge is -2.25. The molecule has 0 aliphatic carbocycles. The first-order valence-corrected chi connectivity index (χ1v) is 11.4. The van der Waals surface area contributed by atoms with Gasteiger partial charge in [-0.05, 0) is 72.2 Å². The highest BCUT2D eigenvalue weighted by Crippen LogP contribution is 2.32. The highest BCUT2D eigenvalue weighted by atomic mass is 32.2. The average Bonchev–Trinajstić information content (AvgIpc) is 2.69. The molecule has 0 heterocycles. The highest BCUT2D eigenvalue weighted by Gasteiger charge is 2.20. The standard InChI is InChI=1S/C27H32OS/c1-21(2)29-26-17-15-23(16-18-26)27(3,4)19-9-11-22-10-8-14-25(20-22)28-24-12-6-5-7-13-24/h5-8,10,12-18,20-21H,9,11,19H2,1-4H3. The number of hydrogen-bond donors (Lipinski definition) is 0. The molecule has 0 radical (unpaired) electrons. The van der Waals surface area contributed by atoms with E-state index in [4.69, 9.17) is 4.74 Å². The van der Waals surface area contributed by atoms with Crippen LogP contribution in [0.2, 0.25) is 0 Å². The summed E-state index contributed by atoms with van der Waals surface area (Å²) in [6.45, 7) is 9.18. The molecular weight excluding hydrogens is 372 g/mol. The SMILES string of the molecule is CC(C)Sc1ccc(C(C)(C)CCCc2cccc(Oc3ccccc3)c2)cc1. The van der Waals surface area contributed by atoms with Gasteiger partial charge in [0.05, 0.1) is 0 Å². The number of para-hydroxylation sites is 1. The van der Waals surface area contributed by atoms with Gasteiger partial charge in [-0.3, -0.25) is 0 Å². The predicted molar refractivity (Wildman–Crippen MR) is 126 cm³/mol. The van der Waals surface area contributed by atoms with Crippen LogP contribution in [0.3, 0.4) is 0 Å². The maximum absolute atomic E-state index is 5.97. The third-order valence-electron chi connectivity index (χ3n) is 5.15. The van der Waals surface area contributed by atoms with Crippen LogP contribution in [0, 0.1) is 0 Å². The van der Waals surface area contributed by atoms with Crippen LogP contribution in [-0.2, 0) is 11.8 Å². The van der Waals surface area contributed by atoms with Crippen molar-refractivity contribution in [1.82, 2.24) is 0 Å². The van der Waals surface area contributed by atoms with E-state index >= 15 is 0 Å². The summed E-state index contributed by atoms with van der Waals surface area (Å²) in [5.74, 6) is 1.79. The van der Waals surface area contributed by atoms with E-state index in [-0.39, 0.29) is 5.41 Å². The van der Waals surface area contributed by atoms with Crippen molar-refractivity contribution in [2.75, 3.05) is 0 Å². The van der Waals surface area contributed by atoms with Crippen LogP contribution in [0.4, 0.5) is 0 Å². The summed E-state index contributed by atoms with van der Waals surface area (Å²) in [5, 5.41) is 0.621. The lowest BCUT2D eigenvalue weighted by Crippen LogP contribution is -2.17. The van der Waals surface area contributed by atoms with Crippen molar-refractivity contribution in [3.8, 4) is 11.5 Å². The van der Waals surface area contributed by atoms with Gasteiger partial charge in [-0.2, -0.15) is 0 Å². The van der Waals surface area contributed by atoms with Crippen molar-refractivity contribution in [2.45, 2.75) is 62.5 Å². The molecule has 3 aromatic rings. The van der Waals surface area contributed by atoms with Gasteiger partial charge in [0, 0.05) is 10.1 Å². The second-order valence-electron chi connectivity index (χ2n) is 8.49. The number of thioether (sulfide) groups is 1. The zero-order chi connectivity index (χ0) is 20.7. The van der Waals surface area contributed by atoms with Crippen molar-refractivity contribution in [3.63, 3.8) is 0 Å². The molecule has 0 fully saturated rings. The summed E-state index contributed by atoms with van der Waals surface area (Å²) < 4.78 is 5.97. The minimum atomic E-state index is 0.180. The summed E-state index contributed by atoms with van der Waals surface area (Å²) in [4.78, 5) is 1.36. The van der Waals surface area contributed by atoms with Crippen LogP contribution in [0.1, 0.15) is 51.7 Å². The quantitative estimate of drug-likeness (QED) is 0.332. The Labute approximate surface area is 180 Å². The Kier molecular flexibility index (Phi) is 7.44. The Bertz CT molecular complexity index is 882. The Morgan fingerprint density at radius 3 is 2.21 bits per heavy atom. The Hall–Kier alpha value is -2.19. The largest absolute Gasteiger partial charge is 0.457 e. The van der Waals surface area contributed by atoms with Gasteiger partial charge in [0.15, 0.2) is 0 Å². The maximum Gasteiger partial charge on any atom is 0.127 e. The third-order valence-corrected chi connectivity index (χ3v) is 6.17. The second-order valence-corrected chi connectivity index (χ2v) is 10.1. The zero-order valence-electron chi connectivity index (χ0n) is 18.0. The molecular formula is C27H32OS. The Morgan fingerprint density at radius 2 is 1.52 bits per heavy atom. The van der Waals surface area contributed by atoms with Gasteiger partial charge in [0.1, 0.15) is 11.5 Å². The molecule has 0 bridgehead atoms. The fourth-order valence-electron chi connectivity index (χ4n) is 3.52. The molecule has 0 spiro atoms. The van der Waals surface area contributed by atoms with E-state index in [1.54, 1.807) is 0 Å². The molecule has 0 aliphatic heterocycles. The summed E-state index contributed by atoms with van der Waals surface area (Å²) >= 11 is 1.92. The van der Waals surface area contributed by atoms with Gasteiger partial charge in [0.25, 0.3) is 0 Å². The molecule has 0 atom stereocenters. The molecule has 152 valence electrons. The molecule has 0 amide bonds. The van der Waals surface area contributed by atoms with E-state index < -0.39 is 0 Å². The van der Waals surface area contributed by atoms with Crippen molar-refractivity contribution >= 4 is 11.8 Å². The smallest absolute Gasteiger partial charge is 0.127 e. The summed E-state index contributed by atoms with van der Waals surface area (Å²) in [6, 6.07) is 27.6. The van der Waals surface area contributed by atoms with Gasteiger partial charge in [-0.1, -0.05) is 70.2 Å². The number of ether oxygens (including phenoxy) is 1. The molecule has 0 saturated heterocycles. The van der Waals surface area contributed by atoms with Crippen LogP contribution in [-0.4, -0.2) is 5.25 Å². The van der Waals surface area contributed by atoms with Crippen LogP contribution >= 0.6 is 11.8 Å². The van der Waals surface area contributed by atoms with E-state index in [0.29, 0.717) is 5.25 Å². The van der Waals surface area contributed by atoms with Gasteiger partial charge < -0.3 is 4.74 Å². The first-order valence-electron chi connectivity index (χ1n) is 10.5. The van der Waals surface area contributed by atoms with E-state index in [2.05, 4.69) is 70.2 Å². The van der Waals surface area contributed by atoms with Gasteiger partial charge in [-0.15, -0.1) is 11.8 Å². The van der Waals surface area contributed by atoms with Crippen LogP contribution < -0.4 is 4.74 Å². The molecule has 0 saturated carbocycles. The summed E-state index contributed by atoms with van der Waals surface area (Å²) in [6.07, 6.45) is 3.38. The molecule has 3 rings (SSSR count). The normalized spacial score (nSPS) is 11.6. The third kappa shape index (κ3) is 6.68.